The molecule has 0 atom stereocenters. The van der Waals surface area contributed by atoms with Gasteiger partial charge in [0, 0.05) is 24.2 Å². The summed E-state index contributed by atoms with van der Waals surface area (Å²) in [6.07, 6.45) is -4.98. The van der Waals surface area contributed by atoms with Gasteiger partial charge in [-0.3, -0.25) is 0 Å². The van der Waals surface area contributed by atoms with Crippen LogP contribution in [0.2, 0.25) is 0 Å². The number of hydrogen-bond donors (Lipinski definition) is 1. The van der Waals surface area contributed by atoms with E-state index in [4.69, 9.17) is 17.0 Å². The first-order valence-corrected chi connectivity index (χ1v) is 6.34. The van der Waals surface area contributed by atoms with Gasteiger partial charge >= 0.3 is 12.3 Å². The van der Waals surface area contributed by atoms with E-state index < -0.39 is 18.0 Å². The summed E-state index contributed by atoms with van der Waals surface area (Å²) in [5, 5.41) is 0. The Morgan fingerprint density at radius 1 is 1.55 bits per heavy atom. The third kappa shape index (κ3) is 2.92. The molecular formula is C11H12F3N3O2S. The largest absolute Gasteiger partial charge is 0.450 e. The number of halogens is 3. The van der Waals surface area contributed by atoms with Gasteiger partial charge < -0.3 is 14.6 Å². The number of fused-ring (bicyclic) bond motifs is 1. The molecule has 1 aliphatic heterocycles. The lowest BCUT2D eigenvalue weighted by Gasteiger charge is -2.29. The van der Waals surface area contributed by atoms with Gasteiger partial charge in [0.05, 0.1) is 13.2 Å². The van der Waals surface area contributed by atoms with Gasteiger partial charge in [-0.2, -0.15) is 13.2 Å². The Morgan fingerprint density at radius 2 is 2.25 bits per heavy atom. The number of nitrogens with zero attached hydrogens (tertiary/aromatic N) is 2. The summed E-state index contributed by atoms with van der Waals surface area (Å²) in [4.78, 5) is 18.8. The molecule has 5 nitrogen and oxygen atoms in total. The van der Waals surface area contributed by atoms with E-state index in [1.165, 1.54) is 4.90 Å². The summed E-state index contributed by atoms with van der Waals surface area (Å²) in [5.41, 5.74) is -0.714. The van der Waals surface area contributed by atoms with Crippen molar-refractivity contribution in [2.24, 2.45) is 0 Å². The molecule has 0 radical (unpaired) electrons. The molecular weight excluding hydrogens is 295 g/mol. The van der Waals surface area contributed by atoms with Crippen molar-refractivity contribution in [1.29, 1.82) is 0 Å². The molecule has 1 aliphatic rings. The fraction of sp³-hybridized carbons (Fsp3) is 0.545. The van der Waals surface area contributed by atoms with Gasteiger partial charge in [0.15, 0.2) is 10.5 Å². The third-order valence-corrected chi connectivity index (χ3v) is 3.09. The monoisotopic (exact) mass is 307 g/mol. The van der Waals surface area contributed by atoms with Crippen molar-refractivity contribution in [2.75, 3.05) is 13.2 Å². The van der Waals surface area contributed by atoms with Crippen LogP contribution in [0.3, 0.4) is 0 Å². The summed E-state index contributed by atoms with van der Waals surface area (Å²) >= 11 is 4.70. The predicted molar refractivity (Wildman–Crippen MR) is 65.6 cm³/mol. The first kappa shape index (κ1) is 14.8. The van der Waals surface area contributed by atoms with Crippen LogP contribution in [-0.2, 0) is 23.9 Å². The van der Waals surface area contributed by atoms with Crippen molar-refractivity contribution in [3.05, 3.63) is 21.7 Å². The van der Waals surface area contributed by atoms with Crippen LogP contribution >= 0.6 is 12.2 Å². The van der Waals surface area contributed by atoms with Crippen LogP contribution in [0, 0.1) is 4.77 Å². The van der Waals surface area contributed by atoms with Crippen LogP contribution in [0.4, 0.5) is 18.0 Å². The van der Waals surface area contributed by atoms with Crippen molar-refractivity contribution in [2.45, 2.75) is 26.1 Å². The van der Waals surface area contributed by atoms with Crippen LogP contribution in [0.1, 0.15) is 23.9 Å². The maximum absolute atomic E-state index is 13.0. The van der Waals surface area contributed by atoms with Crippen molar-refractivity contribution in [1.82, 2.24) is 14.9 Å². The molecule has 0 aliphatic carbocycles. The average molecular weight is 307 g/mol. The highest BCUT2D eigenvalue weighted by Crippen LogP contribution is 2.33. The molecule has 1 N–H and O–H groups in total. The highest BCUT2D eigenvalue weighted by Gasteiger charge is 2.38. The molecule has 0 bridgehead atoms. The molecule has 0 saturated heterocycles. The Balaban J connectivity index is 2.40. The molecule has 1 aromatic rings. The van der Waals surface area contributed by atoms with E-state index in [1.54, 1.807) is 6.92 Å². The highest BCUT2D eigenvalue weighted by molar-refractivity contribution is 7.71. The van der Waals surface area contributed by atoms with Gasteiger partial charge in [-0.1, -0.05) is 0 Å². The van der Waals surface area contributed by atoms with Gasteiger partial charge in [-0.25, -0.2) is 9.78 Å². The lowest BCUT2D eigenvalue weighted by Crippen LogP contribution is -2.38. The zero-order valence-electron chi connectivity index (χ0n) is 10.6. The van der Waals surface area contributed by atoms with E-state index in [-0.39, 0.29) is 36.5 Å². The average Bonchev–Trinajstić information content (AvgIpc) is 2.36. The van der Waals surface area contributed by atoms with E-state index in [2.05, 4.69) is 9.97 Å². The number of aromatic amines is 1. The molecule has 2 heterocycles. The summed E-state index contributed by atoms with van der Waals surface area (Å²) < 4.78 is 43.5. The molecule has 0 aromatic carbocycles. The second-order valence-corrected chi connectivity index (χ2v) is 4.60. The van der Waals surface area contributed by atoms with E-state index >= 15 is 0 Å². The van der Waals surface area contributed by atoms with Crippen LogP contribution in [0.25, 0.3) is 0 Å². The first-order valence-electron chi connectivity index (χ1n) is 5.94. The van der Waals surface area contributed by atoms with Crippen molar-refractivity contribution >= 4 is 18.3 Å². The van der Waals surface area contributed by atoms with Gasteiger partial charge in [0.25, 0.3) is 0 Å². The lowest BCUT2D eigenvalue weighted by molar-refractivity contribution is -0.142. The molecule has 0 spiro atoms. The normalized spacial score (nSPS) is 14.9. The maximum atomic E-state index is 13.0. The number of H-pyrrole nitrogens is 1. The fourth-order valence-corrected chi connectivity index (χ4v) is 2.26. The summed E-state index contributed by atoms with van der Waals surface area (Å²) in [7, 11) is 0. The van der Waals surface area contributed by atoms with Crippen LogP contribution in [0.5, 0.6) is 0 Å². The molecule has 0 saturated carbocycles. The third-order valence-electron chi connectivity index (χ3n) is 2.90. The first-order chi connectivity index (χ1) is 9.32. The number of nitrogens with one attached hydrogen (secondary N) is 1. The van der Waals surface area contributed by atoms with E-state index in [0.29, 0.717) is 5.69 Å². The van der Waals surface area contributed by atoms with Gasteiger partial charge in [0.1, 0.15) is 0 Å². The topological polar surface area (TPSA) is 58.2 Å². The van der Waals surface area contributed by atoms with E-state index in [0.717, 1.165) is 0 Å². The minimum atomic E-state index is -4.61. The number of rotatable bonds is 1. The molecule has 20 heavy (non-hydrogen) atoms. The Labute approximate surface area is 117 Å². The molecule has 1 amide bonds. The van der Waals surface area contributed by atoms with Crippen LogP contribution < -0.4 is 0 Å². The molecule has 9 heteroatoms. The Bertz CT molecular complexity index is 585. The van der Waals surface area contributed by atoms with Crippen molar-refractivity contribution < 1.29 is 22.7 Å². The SMILES string of the molecule is CCOC(=O)N1CCc2[nH]c(=S)nc(C(F)(F)F)c2C1. The number of ether oxygens (including phenoxy) is 1. The number of alkyl halides is 3. The molecule has 0 fully saturated rings. The number of carbonyl (C=O) groups is 1. The number of hydrogen-bond acceptors (Lipinski definition) is 4. The standard InChI is InChI=1S/C11H12F3N3O2S/c1-2-19-10(18)17-4-3-7-6(5-17)8(11(12,13)14)16-9(20)15-7/h2-5H2,1H3,(H,15,16,20). The Morgan fingerprint density at radius 3 is 2.85 bits per heavy atom. The minimum absolute atomic E-state index is 0.0506. The van der Waals surface area contributed by atoms with Gasteiger partial charge in [0.2, 0.25) is 0 Å². The van der Waals surface area contributed by atoms with Gasteiger partial charge in [-0.15, -0.1) is 0 Å². The van der Waals surface area contributed by atoms with E-state index in [9.17, 15) is 18.0 Å². The second-order valence-electron chi connectivity index (χ2n) is 4.22. The zero-order chi connectivity index (χ0) is 14.9. The smallest absolute Gasteiger partial charge is 0.433 e. The van der Waals surface area contributed by atoms with E-state index in [1.807, 2.05) is 0 Å². The Kier molecular flexibility index (Phi) is 3.98. The lowest BCUT2D eigenvalue weighted by atomic mass is 10.0. The van der Waals surface area contributed by atoms with Crippen LogP contribution in [-0.4, -0.2) is 34.1 Å². The number of aromatic nitrogens is 2. The minimum Gasteiger partial charge on any atom is -0.450 e. The molecule has 2 rings (SSSR count). The Hall–Kier alpha value is -1.64. The van der Waals surface area contributed by atoms with Crippen molar-refractivity contribution in [3.8, 4) is 0 Å². The summed E-state index contributed by atoms with van der Waals surface area (Å²) in [6, 6.07) is 0. The predicted octanol–water partition coefficient (Wildman–Crippen LogP) is 2.67. The van der Waals surface area contributed by atoms with Crippen molar-refractivity contribution in [3.63, 3.8) is 0 Å². The summed E-state index contributed by atoms with van der Waals surface area (Å²) in [5.74, 6) is 0. The van der Waals surface area contributed by atoms with Crippen LogP contribution in [0.15, 0.2) is 0 Å². The molecule has 1 aromatic heterocycles. The maximum Gasteiger partial charge on any atom is 0.433 e. The zero-order valence-corrected chi connectivity index (χ0v) is 11.4. The van der Waals surface area contributed by atoms with Gasteiger partial charge in [-0.05, 0) is 19.1 Å². The number of carbonyl (C=O) groups excluding carboxylic acids is 1. The second kappa shape index (κ2) is 5.39. The summed E-state index contributed by atoms with van der Waals surface area (Å²) in [6.45, 7) is 1.89. The molecule has 110 valence electrons. The number of amides is 1. The quantitative estimate of drug-likeness (QED) is 0.810. The fourth-order valence-electron chi connectivity index (χ4n) is 2.05. The molecule has 0 unspecified atom stereocenters. The highest BCUT2D eigenvalue weighted by atomic mass is 32.1.